The monoisotopic (exact) mass is 490 g/mol. The van der Waals surface area contributed by atoms with Crippen LogP contribution in [0.3, 0.4) is 0 Å². The summed E-state index contributed by atoms with van der Waals surface area (Å²) in [6.45, 7) is 1.14. The second-order valence-electron chi connectivity index (χ2n) is 8.56. The van der Waals surface area contributed by atoms with E-state index in [0.717, 1.165) is 0 Å². The second kappa shape index (κ2) is 9.69. The number of hydrogen-bond acceptors (Lipinski definition) is 8. The molecule has 0 saturated heterocycles. The van der Waals surface area contributed by atoms with E-state index in [0.29, 0.717) is 22.3 Å². The van der Waals surface area contributed by atoms with Gasteiger partial charge in [0, 0.05) is 28.2 Å². The molecule has 0 bridgehead atoms. The Morgan fingerprint density at radius 2 is 0.917 bits per heavy atom. The summed E-state index contributed by atoms with van der Waals surface area (Å²) in [5.74, 6) is -4.70. The minimum absolute atomic E-state index is 0.130. The average molecular weight is 491 g/mol. The average Bonchev–Trinajstić information content (AvgIpc) is 2.90. The summed E-state index contributed by atoms with van der Waals surface area (Å²) < 4.78 is 0. The van der Waals surface area contributed by atoms with Crippen LogP contribution in [0.1, 0.15) is 35.1 Å². The SMILES string of the molecule is CC(c1cc(-c2cccc(CO)c2)c(O)c(O)c1O)c1cc(-c2cccc(CO)c2)c(O)c(O)c1O. The summed E-state index contributed by atoms with van der Waals surface area (Å²) in [6, 6.07) is 16.2. The van der Waals surface area contributed by atoms with Gasteiger partial charge in [-0.3, -0.25) is 0 Å². The summed E-state index contributed by atoms with van der Waals surface area (Å²) in [6.07, 6.45) is 0. The van der Waals surface area contributed by atoms with Gasteiger partial charge in [0.05, 0.1) is 13.2 Å². The first-order chi connectivity index (χ1) is 17.2. The van der Waals surface area contributed by atoms with Crippen LogP contribution in [-0.4, -0.2) is 40.9 Å². The molecule has 8 nitrogen and oxygen atoms in total. The molecule has 186 valence electrons. The highest BCUT2D eigenvalue weighted by molar-refractivity contribution is 5.80. The van der Waals surface area contributed by atoms with Gasteiger partial charge in [0.15, 0.2) is 23.0 Å². The van der Waals surface area contributed by atoms with Crippen molar-refractivity contribution in [2.75, 3.05) is 0 Å². The van der Waals surface area contributed by atoms with Gasteiger partial charge in [0.25, 0.3) is 0 Å². The van der Waals surface area contributed by atoms with Crippen molar-refractivity contribution in [2.24, 2.45) is 0 Å². The molecule has 0 radical (unpaired) electrons. The zero-order valence-electron chi connectivity index (χ0n) is 19.3. The molecule has 0 unspecified atom stereocenters. The molecule has 0 aliphatic rings. The molecule has 4 rings (SSSR count). The standard InChI is InChI=1S/C28H26O8/c1-14(19-10-21(25(33)27(35)23(19)31)17-6-2-4-15(8-17)12-29)20-11-22(26(34)28(36)24(20)32)18-7-3-5-16(9-18)13-30/h2-11,14,29-36H,12-13H2,1H3. The molecule has 4 aromatic rings. The summed E-state index contributed by atoms with van der Waals surface area (Å²) in [5, 5.41) is 82.3. The van der Waals surface area contributed by atoms with Crippen molar-refractivity contribution in [3.05, 3.63) is 82.9 Å². The maximum atomic E-state index is 10.7. The van der Waals surface area contributed by atoms with Gasteiger partial charge in [-0.2, -0.15) is 0 Å². The predicted octanol–water partition coefficient (Wildman–Crippen LogP) is 4.39. The lowest BCUT2D eigenvalue weighted by molar-refractivity contribution is 0.281. The van der Waals surface area contributed by atoms with E-state index in [-0.39, 0.29) is 35.5 Å². The molecular weight excluding hydrogens is 464 g/mol. The van der Waals surface area contributed by atoms with Crippen LogP contribution in [0.5, 0.6) is 34.5 Å². The quantitative estimate of drug-likeness (QED) is 0.185. The minimum atomic E-state index is -0.831. The molecule has 0 spiro atoms. The lowest BCUT2D eigenvalue weighted by Gasteiger charge is -2.21. The third-order valence-corrected chi connectivity index (χ3v) is 6.33. The Kier molecular flexibility index (Phi) is 6.65. The van der Waals surface area contributed by atoms with Crippen LogP contribution in [0.25, 0.3) is 22.3 Å². The molecule has 0 aliphatic carbocycles. The van der Waals surface area contributed by atoms with E-state index < -0.39 is 40.4 Å². The lowest BCUT2D eigenvalue weighted by atomic mass is 9.86. The van der Waals surface area contributed by atoms with Gasteiger partial charge in [-0.05, 0) is 46.5 Å². The van der Waals surface area contributed by atoms with Gasteiger partial charge in [-0.15, -0.1) is 0 Å². The number of phenolic OH excluding ortho intramolecular Hbond substituents is 6. The molecule has 0 amide bonds. The van der Waals surface area contributed by atoms with Crippen LogP contribution < -0.4 is 0 Å². The van der Waals surface area contributed by atoms with Crippen LogP contribution in [-0.2, 0) is 13.2 Å². The second-order valence-corrected chi connectivity index (χ2v) is 8.56. The predicted molar refractivity (Wildman–Crippen MR) is 133 cm³/mol. The third-order valence-electron chi connectivity index (χ3n) is 6.33. The highest BCUT2D eigenvalue weighted by atomic mass is 16.3. The zero-order chi connectivity index (χ0) is 26.1. The summed E-state index contributed by atoms with van der Waals surface area (Å²) in [5.41, 5.74) is 2.72. The largest absolute Gasteiger partial charge is 0.504 e. The molecule has 0 aromatic heterocycles. The van der Waals surface area contributed by atoms with Crippen molar-refractivity contribution in [1.82, 2.24) is 0 Å². The van der Waals surface area contributed by atoms with E-state index in [9.17, 15) is 40.9 Å². The Hall–Kier alpha value is -4.40. The van der Waals surface area contributed by atoms with Crippen molar-refractivity contribution < 1.29 is 40.9 Å². The highest BCUT2D eigenvalue weighted by Gasteiger charge is 2.27. The molecule has 0 saturated carbocycles. The van der Waals surface area contributed by atoms with Crippen LogP contribution in [0.15, 0.2) is 60.7 Å². The smallest absolute Gasteiger partial charge is 0.201 e. The van der Waals surface area contributed by atoms with E-state index in [2.05, 4.69) is 0 Å². The van der Waals surface area contributed by atoms with E-state index in [4.69, 9.17) is 0 Å². The number of aliphatic hydroxyl groups is 2. The maximum Gasteiger partial charge on any atom is 0.201 e. The van der Waals surface area contributed by atoms with Crippen LogP contribution in [0, 0.1) is 0 Å². The Labute approximate surface area is 206 Å². The fraction of sp³-hybridized carbons (Fsp3) is 0.143. The summed E-state index contributed by atoms with van der Waals surface area (Å²) in [4.78, 5) is 0. The molecule has 8 N–H and O–H groups in total. The highest BCUT2D eigenvalue weighted by Crippen LogP contribution is 2.52. The molecule has 0 fully saturated rings. The maximum absolute atomic E-state index is 10.7. The number of aliphatic hydroxyl groups excluding tert-OH is 2. The van der Waals surface area contributed by atoms with Gasteiger partial charge in [0.1, 0.15) is 0 Å². The van der Waals surface area contributed by atoms with Gasteiger partial charge >= 0.3 is 0 Å². The lowest BCUT2D eigenvalue weighted by Crippen LogP contribution is -2.00. The molecular formula is C28H26O8. The molecule has 0 atom stereocenters. The Morgan fingerprint density at radius 1 is 0.528 bits per heavy atom. The normalized spacial score (nSPS) is 11.2. The van der Waals surface area contributed by atoms with Crippen molar-refractivity contribution >= 4 is 0 Å². The number of aromatic hydroxyl groups is 6. The summed E-state index contributed by atoms with van der Waals surface area (Å²) >= 11 is 0. The third kappa shape index (κ3) is 4.24. The van der Waals surface area contributed by atoms with E-state index >= 15 is 0 Å². The van der Waals surface area contributed by atoms with Crippen molar-refractivity contribution in [1.29, 1.82) is 0 Å². The van der Waals surface area contributed by atoms with E-state index in [1.165, 1.54) is 12.1 Å². The van der Waals surface area contributed by atoms with E-state index in [1.54, 1.807) is 55.5 Å². The molecule has 36 heavy (non-hydrogen) atoms. The first-order valence-corrected chi connectivity index (χ1v) is 11.1. The van der Waals surface area contributed by atoms with Crippen LogP contribution >= 0.6 is 0 Å². The van der Waals surface area contributed by atoms with Crippen molar-refractivity contribution in [3.63, 3.8) is 0 Å². The van der Waals surface area contributed by atoms with Gasteiger partial charge in [-0.1, -0.05) is 43.3 Å². The van der Waals surface area contributed by atoms with Gasteiger partial charge in [0.2, 0.25) is 11.5 Å². The van der Waals surface area contributed by atoms with E-state index in [1.807, 2.05) is 0 Å². The number of phenols is 6. The fourth-order valence-electron chi connectivity index (χ4n) is 4.28. The van der Waals surface area contributed by atoms with Gasteiger partial charge < -0.3 is 40.9 Å². The number of rotatable bonds is 6. The molecule has 4 aromatic carbocycles. The van der Waals surface area contributed by atoms with Crippen LogP contribution in [0.4, 0.5) is 0 Å². The Morgan fingerprint density at radius 3 is 1.28 bits per heavy atom. The van der Waals surface area contributed by atoms with Crippen LogP contribution in [0.2, 0.25) is 0 Å². The molecule has 0 heterocycles. The molecule has 0 aliphatic heterocycles. The number of hydrogen-bond donors (Lipinski definition) is 8. The molecule has 8 heteroatoms. The Bertz CT molecular complexity index is 1340. The zero-order valence-corrected chi connectivity index (χ0v) is 19.3. The minimum Gasteiger partial charge on any atom is -0.504 e. The Balaban J connectivity index is 1.90. The first kappa shape index (κ1) is 24.7. The topological polar surface area (TPSA) is 162 Å². The van der Waals surface area contributed by atoms with Gasteiger partial charge in [-0.25, -0.2) is 0 Å². The summed E-state index contributed by atoms with van der Waals surface area (Å²) in [7, 11) is 0. The fourth-order valence-corrected chi connectivity index (χ4v) is 4.28. The first-order valence-electron chi connectivity index (χ1n) is 11.1. The van der Waals surface area contributed by atoms with Crippen molar-refractivity contribution in [3.8, 4) is 56.8 Å². The number of benzene rings is 4. The van der Waals surface area contributed by atoms with Crippen molar-refractivity contribution in [2.45, 2.75) is 26.1 Å².